The fourth-order valence-electron chi connectivity index (χ4n) is 3.05. The summed E-state index contributed by atoms with van der Waals surface area (Å²) >= 11 is 0. The van der Waals surface area contributed by atoms with E-state index in [1.807, 2.05) is 20.8 Å². The summed E-state index contributed by atoms with van der Waals surface area (Å²) in [5.74, 6) is -0.339. The van der Waals surface area contributed by atoms with Gasteiger partial charge in [0.25, 0.3) is 0 Å². The Kier molecular flexibility index (Phi) is 4.63. The van der Waals surface area contributed by atoms with Crippen LogP contribution in [0.2, 0.25) is 0 Å². The monoisotopic (exact) mass is 329 g/mol. The van der Waals surface area contributed by atoms with Gasteiger partial charge in [0.2, 0.25) is 15.0 Å². The van der Waals surface area contributed by atoms with E-state index in [4.69, 9.17) is 10.7 Å². The number of likely N-dealkylation sites (tertiary alicyclic amines) is 1. The molecule has 6 heteroatoms. The van der Waals surface area contributed by atoms with Crippen LogP contribution in [0, 0.1) is 26.7 Å². The first kappa shape index (κ1) is 16.3. The quantitative estimate of drug-likeness (QED) is 0.798. The van der Waals surface area contributed by atoms with Gasteiger partial charge in [-0.25, -0.2) is 8.42 Å². The molecule has 0 N–H and O–H groups in total. The summed E-state index contributed by atoms with van der Waals surface area (Å²) in [6, 6.07) is 4.20. The summed E-state index contributed by atoms with van der Waals surface area (Å²) in [7, 11) is 1.72. The van der Waals surface area contributed by atoms with Crippen molar-refractivity contribution in [3.63, 3.8) is 0 Å². The van der Waals surface area contributed by atoms with E-state index in [2.05, 4.69) is 12.1 Å². The van der Waals surface area contributed by atoms with E-state index in [0.29, 0.717) is 13.1 Å². The van der Waals surface area contributed by atoms with Crippen LogP contribution in [0.15, 0.2) is 12.1 Å². The molecule has 1 aromatic carbocycles. The van der Waals surface area contributed by atoms with Gasteiger partial charge in [-0.05, 0) is 37.5 Å². The molecule has 1 heterocycles. The molecule has 4 nitrogen and oxygen atoms in total. The molecule has 1 aliphatic rings. The van der Waals surface area contributed by atoms with Crippen molar-refractivity contribution in [2.24, 2.45) is 5.92 Å². The third kappa shape index (κ3) is 4.20. The highest BCUT2D eigenvalue weighted by atomic mass is 35.7. The highest BCUT2D eigenvalue weighted by molar-refractivity contribution is 8.13. The third-order valence-electron chi connectivity index (χ3n) is 3.92. The molecule has 21 heavy (non-hydrogen) atoms. The molecule has 1 aromatic rings. The van der Waals surface area contributed by atoms with Crippen LogP contribution in [-0.2, 0) is 20.4 Å². The Morgan fingerprint density at radius 2 is 1.81 bits per heavy atom. The van der Waals surface area contributed by atoms with Gasteiger partial charge in [-0.3, -0.25) is 4.79 Å². The van der Waals surface area contributed by atoms with E-state index >= 15 is 0 Å². The molecule has 0 saturated carbocycles. The number of nitrogens with zero attached hydrogens (tertiary/aromatic N) is 1. The Morgan fingerprint density at radius 3 is 2.33 bits per heavy atom. The summed E-state index contributed by atoms with van der Waals surface area (Å²) in [6.07, 6.45) is 0.260. The van der Waals surface area contributed by atoms with Crippen molar-refractivity contribution in [1.29, 1.82) is 0 Å². The van der Waals surface area contributed by atoms with Crippen molar-refractivity contribution in [2.45, 2.75) is 33.7 Å². The van der Waals surface area contributed by atoms with E-state index in [-0.39, 0.29) is 24.0 Å². The summed E-state index contributed by atoms with van der Waals surface area (Å²) in [4.78, 5) is 13.8. The third-order valence-corrected chi connectivity index (χ3v) is 5.17. The van der Waals surface area contributed by atoms with Crippen LogP contribution in [0.1, 0.15) is 28.7 Å². The number of carbonyl (C=O) groups is 1. The van der Waals surface area contributed by atoms with E-state index < -0.39 is 9.05 Å². The zero-order valence-corrected chi connectivity index (χ0v) is 14.1. The van der Waals surface area contributed by atoms with E-state index in [0.717, 1.165) is 16.7 Å². The fourth-order valence-corrected chi connectivity index (χ4v) is 4.37. The molecular weight excluding hydrogens is 310 g/mol. The van der Waals surface area contributed by atoms with Crippen molar-refractivity contribution in [2.75, 3.05) is 12.3 Å². The summed E-state index contributed by atoms with van der Waals surface area (Å²) < 4.78 is 22.3. The van der Waals surface area contributed by atoms with Crippen molar-refractivity contribution in [1.82, 2.24) is 4.90 Å². The SMILES string of the molecule is Cc1cc(C)c(CN2CC(CS(=O)(=O)Cl)CC2=O)c(C)c1. The van der Waals surface area contributed by atoms with Crippen molar-refractivity contribution >= 4 is 25.6 Å². The number of rotatable bonds is 4. The smallest absolute Gasteiger partial charge is 0.232 e. The molecule has 1 atom stereocenters. The van der Waals surface area contributed by atoms with Crippen LogP contribution >= 0.6 is 10.7 Å². The molecular formula is C15H20ClNO3S. The number of carbonyl (C=O) groups excluding carboxylic acids is 1. The lowest BCUT2D eigenvalue weighted by Gasteiger charge is -2.20. The highest BCUT2D eigenvalue weighted by Gasteiger charge is 2.32. The molecule has 1 aliphatic heterocycles. The van der Waals surface area contributed by atoms with Gasteiger partial charge < -0.3 is 4.90 Å². The van der Waals surface area contributed by atoms with Gasteiger partial charge in [0.05, 0.1) is 5.75 Å². The molecule has 1 amide bonds. The molecule has 0 aliphatic carbocycles. The number of hydrogen-bond donors (Lipinski definition) is 0. The minimum atomic E-state index is -3.56. The van der Waals surface area contributed by atoms with Gasteiger partial charge in [-0.2, -0.15) is 0 Å². The maximum Gasteiger partial charge on any atom is 0.232 e. The molecule has 0 bridgehead atoms. The van der Waals surface area contributed by atoms with Crippen LogP contribution in [0.4, 0.5) is 0 Å². The van der Waals surface area contributed by atoms with Crippen LogP contribution in [0.5, 0.6) is 0 Å². The normalized spacial score (nSPS) is 19.3. The van der Waals surface area contributed by atoms with Crippen molar-refractivity contribution < 1.29 is 13.2 Å². The Morgan fingerprint density at radius 1 is 1.24 bits per heavy atom. The lowest BCUT2D eigenvalue weighted by Crippen LogP contribution is -2.26. The molecule has 1 unspecified atom stereocenters. The van der Waals surface area contributed by atoms with Gasteiger partial charge in [0.1, 0.15) is 0 Å². The first-order valence-corrected chi connectivity index (χ1v) is 9.40. The number of aryl methyl sites for hydroxylation is 3. The maximum atomic E-state index is 12.1. The van der Waals surface area contributed by atoms with Gasteiger partial charge in [-0.1, -0.05) is 17.7 Å². The number of hydrogen-bond acceptors (Lipinski definition) is 3. The largest absolute Gasteiger partial charge is 0.338 e. The second-order valence-corrected chi connectivity index (χ2v) is 8.75. The summed E-state index contributed by atoms with van der Waals surface area (Å²) in [6.45, 7) is 7.12. The number of amides is 1. The minimum absolute atomic E-state index is 0.000285. The fraction of sp³-hybridized carbons (Fsp3) is 0.533. The predicted octanol–water partition coefficient (Wildman–Crippen LogP) is 2.53. The van der Waals surface area contributed by atoms with Crippen molar-refractivity contribution in [3.8, 4) is 0 Å². The topological polar surface area (TPSA) is 54.5 Å². The Labute approximate surface area is 130 Å². The Hall–Kier alpha value is -1.07. The zero-order valence-electron chi connectivity index (χ0n) is 12.5. The average molecular weight is 330 g/mol. The molecule has 0 aromatic heterocycles. The van der Waals surface area contributed by atoms with Gasteiger partial charge in [0.15, 0.2) is 0 Å². The zero-order chi connectivity index (χ0) is 15.8. The summed E-state index contributed by atoms with van der Waals surface area (Å²) in [5, 5.41) is 0. The van der Waals surface area contributed by atoms with Crippen molar-refractivity contribution in [3.05, 3.63) is 34.4 Å². The molecule has 0 spiro atoms. The second-order valence-electron chi connectivity index (χ2n) is 5.93. The highest BCUT2D eigenvalue weighted by Crippen LogP contribution is 2.25. The minimum Gasteiger partial charge on any atom is -0.338 e. The first-order chi connectivity index (χ1) is 9.65. The van der Waals surface area contributed by atoms with Crippen LogP contribution in [0.25, 0.3) is 0 Å². The lowest BCUT2D eigenvalue weighted by molar-refractivity contribution is -0.128. The van der Waals surface area contributed by atoms with Crippen LogP contribution in [0.3, 0.4) is 0 Å². The molecule has 1 fully saturated rings. The standard InChI is InChI=1S/C15H20ClNO3S/c1-10-4-11(2)14(12(3)5-10)8-17-7-13(6-15(17)18)9-21(16,19)20/h4-5,13H,6-9H2,1-3H3. The van der Waals surface area contributed by atoms with Gasteiger partial charge in [-0.15, -0.1) is 0 Å². The Balaban J connectivity index is 2.13. The van der Waals surface area contributed by atoms with E-state index in [1.54, 1.807) is 4.90 Å². The Bertz CT molecular complexity index is 646. The molecule has 0 radical (unpaired) electrons. The first-order valence-electron chi connectivity index (χ1n) is 6.92. The average Bonchev–Trinajstić information content (AvgIpc) is 2.61. The molecule has 2 rings (SSSR count). The summed E-state index contributed by atoms with van der Waals surface area (Å²) in [5.41, 5.74) is 4.67. The predicted molar refractivity (Wildman–Crippen MR) is 83.8 cm³/mol. The van der Waals surface area contributed by atoms with Gasteiger partial charge >= 0.3 is 0 Å². The van der Waals surface area contributed by atoms with E-state index in [1.165, 1.54) is 5.56 Å². The number of benzene rings is 1. The maximum absolute atomic E-state index is 12.1. The van der Waals surface area contributed by atoms with Crippen LogP contribution in [-0.4, -0.2) is 31.5 Å². The second kappa shape index (κ2) is 5.97. The lowest BCUT2D eigenvalue weighted by atomic mass is 9.99. The van der Waals surface area contributed by atoms with Gasteiger partial charge in [0, 0.05) is 36.1 Å². The number of halogens is 1. The molecule has 1 saturated heterocycles. The van der Waals surface area contributed by atoms with Crippen LogP contribution < -0.4 is 0 Å². The molecule has 116 valence electrons. The van der Waals surface area contributed by atoms with E-state index in [9.17, 15) is 13.2 Å².